The summed E-state index contributed by atoms with van der Waals surface area (Å²) in [5.74, 6) is -0.306. The van der Waals surface area contributed by atoms with Crippen molar-refractivity contribution in [1.29, 1.82) is 0 Å². The molecule has 1 amide bonds. The van der Waals surface area contributed by atoms with Gasteiger partial charge in [0.1, 0.15) is 0 Å². The summed E-state index contributed by atoms with van der Waals surface area (Å²) in [4.78, 5) is 14.6. The maximum absolute atomic E-state index is 12.3. The van der Waals surface area contributed by atoms with Crippen molar-refractivity contribution in [3.63, 3.8) is 0 Å². The van der Waals surface area contributed by atoms with Gasteiger partial charge in [0.25, 0.3) is 5.91 Å². The van der Waals surface area contributed by atoms with Crippen molar-refractivity contribution in [1.82, 2.24) is 10.2 Å². The molecule has 1 N–H and O–H groups in total. The van der Waals surface area contributed by atoms with Crippen molar-refractivity contribution in [2.75, 3.05) is 36.5 Å². The van der Waals surface area contributed by atoms with Crippen LogP contribution < -0.4 is 10.2 Å². The van der Waals surface area contributed by atoms with Crippen molar-refractivity contribution in [3.05, 3.63) is 70.2 Å². The van der Waals surface area contributed by atoms with E-state index in [1.165, 1.54) is 0 Å². The smallest absolute Gasteiger partial charge is 0.286 e. The number of anilines is 2. The fourth-order valence-electron chi connectivity index (χ4n) is 2.93. The van der Waals surface area contributed by atoms with Gasteiger partial charge in [0, 0.05) is 24.5 Å². The van der Waals surface area contributed by atoms with Crippen LogP contribution in [0.5, 0.6) is 0 Å². The second kappa shape index (κ2) is 9.17. The lowest BCUT2D eigenvalue weighted by Gasteiger charge is -2.28. The Labute approximate surface area is 177 Å². The maximum Gasteiger partial charge on any atom is 0.286 e. The van der Waals surface area contributed by atoms with Gasteiger partial charge in [-0.2, -0.15) is 0 Å². The largest absolute Gasteiger partial charge is 0.378 e. The summed E-state index contributed by atoms with van der Waals surface area (Å²) in [6, 6.07) is 17.4. The van der Waals surface area contributed by atoms with Crippen LogP contribution in [0.4, 0.5) is 11.4 Å². The number of halogens is 1. The lowest BCUT2D eigenvalue weighted by atomic mass is 10.1. The van der Waals surface area contributed by atoms with Crippen molar-refractivity contribution in [2.24, 2.45) is 0 Å². The van der Waals surface area contributed by atoms with Crippen molar-refractivity contribution >= 4 is 51.3 Å². The molecule has 1 aromatic heterocycles. The summed E-state index contributed by atoms with van der Waals surface area (Å²) in [7, 11) is 0. The van der Waals surface area contributed by atoms with E-state index in [1.54, 1.807) is 0 Å². The first-order valence-electron chi connectivity index (χ1n) is 9.19. The van der Waals surface area contributed by atoms with Crippen LogP contribution in [-0.2, 0) is 4.74 Å². The van der Waals surface area contributed by atoms with Gasteiger partial charge in [-0.3, -0.25) is 4.79 Å². The first-order valence-corrected chi connectivity index (χ1v) is 10.4. The van der Waals surface area contributed by atoms with E-state index in [4.69, 9.17) is 16.3 Å². The fraction of sp³-hybridized carbons (Fsp3) is 0.190. The molecule has 8 heteroatoms. The van der Waals surface area contributed by atoms with Crippen LogP contribution in [-0.4, -0.2) is 42.4 Å². The molecule has 0 atom stereocenters. The molecule has 0 radical (unpaired) electrons. The van der Waals surface area contributed by atoms with Crippen LogP contribution in [0, 0.1) is 0 Å². The Bertz CT molecular complexity index is 999. The van der Waals surface area contributed by atoms with E-state index in [1.807, 2.05) is 48.5 Å². The highest BCUT2D eigenvalue weighted by Crippen LogP contribution is 2.26. The molecule has 2 heterocycles. The van der Waals surface area contributed by atoms with Gasteiger partial charge in [-0.05, 0) is 35.9 Å². The summed E-state index contributed by atoms with van der Waals surface area (Å²) < 4.78 is 5.39. The molecule has 1 fully saturated rings. The molecule has 0 unspecified atom stereocenters. The van der Waals surface area contributed by atoms with Crippen LogP contribution >= 0.6 is 22.9 Å². The monoisotopic (exact) mass is 426 g/mol. The lowest BCUT2D eigenvalue weighted by molar-refractivity contribution is 0.102. The Morgan fingerprint density at radius 3 is 2.45 bits per heavy atom. The molecule has 1 aliphatic heterocycles. The number of para-hydroxylation sites is 1. The standard InChI is InChI=1S/C21H19ClN4O2S/c22-18(14-15-6-8-17(9-7-15)26-10-12-28-13-11-26)20-24-25-21(29-20)19(27)23-16-4-2-1-3-5-16/h1-9,14H,10-13H2,(H,23,27)/b18-14-. The van der Waals surface area contributed by atoms with Crippen LogP contribution in [0.3, 0.4) is 0 Å². The number of carbonyl (C=O) groups is 1. The molecule has 1 saturated heterocycles. The van der Waals surface area contributed by atoms with Crippen molar-refractivity contribution in [3.8, 4) is 0 Å². The molecule has 0 aliphatic carbocycles. The van der Waals surface area contributed by atoms with E-state index in [-0.39, 0.29) is 10.9 Å². The predicted octanol–water partition coefficient (Wildman–Crippen LogP) is 4.36. The maximum atomic E-state index is 12.3. The van der Waals surface area contributed by atoms with Crippen molar-refractivity contribution in [2.45, 2.75) is 0 Å². The highest BCUT2D eigenvalue weighted by atomic mass is 35.5. The van der Waals surface area contributed by atoms with Gasteiger partial charge in [-0.25, -0.2) is 0 Å². The van der Waals surface area contributed by atoms with Crippen molar-refractivity contribution < 1.29 is 9.53 Å². The molecule has 3 aromatic rings. The topological polar surface area (TPSA) is 67.4 Å². The molecular formula is C21H19ClN4O2S. The number of hydrogen-bond donors (Lipinski definition) is 1. The predicted molar refractivity (Wildman–Crippen MR) is 118 cm³/mol. The van der Waals surface area contributed by atoms with Crippen LogP contribution in [0.1, 0.15) is 20.4 Å². The number of rotatable bonds is 5. The number of carbonyl (C=O) groups excluding carboxylic acids is 1. The third-order valence-electron chi connectivity index (χ3n) is 4.42. The van der Waals surface area contributed by atoms with Crippen LogP contribution in [0.25, 0.3) is 11.1 Å². The molecule has 2 aromatic carbocycles. The van der Waals surface area contributed by atoms with Gasteiger partial charge < -0.3 is 15.0 Å². The average molecular weight is 427 g/mol. The second-order valence-electron chi connectivity index (χ2n) is 6.42. The number of benzene rings is 2. The van der Waals surface area contributed by atoms with Gasteiger partial charge in [0.05, 0.1) is 18.2 Å². The first kappa shape index (κ1) is 19.6. The Kier molecular flexibility index (Phi) is 6.19. The van der Waals surface area contributed by atoms with Crippen LogP contribution in [0.15, 0.2) is 54.6 Å². The summed E-state index contributed by atoms with van der Waals surface area (Å²) in [5.41, 5.74) is 2.83. The quantitative estimate of drug-likeness (QED) is 0.656. The zero-order chi connectivity index (χ0) is 20.1. The minimum Gasteiger partial charge on any atom is -0.378 e. The molecule has 6 nitrogen and oxygen atoms in total. The minimum atomic E-state index is -0.306. The SMILES string of the molecule is O=C(Nc1ccccc1)c1nnc(/C(Cl)=C/c2ccc(N3CCOCC3)cc2)s1. The van der Waals surface area contributed by atoms with E-state index in [2.05, 4.69) is 32.5 Å². The number of nitrogens with zero attached hydrogens (tertiary/aromatic N) is 3. The molecule has 1 aliphatic rings. The van der Waals surface area contributed by atoms with Gasteiger partial charge in [0.15, 0.2) is 5.01 Å². The minimum absolute atomic E-state index is 0.262. The molecule has 0 spiro atoms. The van der Waals surface area contributed by atoms with Gasteiger partial charge >= 0.3 is 0 Å². The van der Waals surface area contributed by atoms with Crippen LogP contribution in [0.2, 0.25) is 0 Å². The molecular weight excluding hydrogens is 408 g/mol. The summed E-state index contributed by atoms with van der Waals surface area (Å²) in [6.07, 6.45) is 1.82. The fourth-order valence-corrected chi connectivity index (χ4v) is 3.85. The van der Waals surface area contributed by atoms with Gasteiger partial charge in [0.2, 0.25) is 5.01 Å². The number of ether oxygens (including phenoxy) is 1. The number of hydrogen-bond acceptors (Lipinski definition) is 6. The molecule has 0 saturated carbocycles. The third-order valence-corrected chi connectivity index (χ3v) is 5.77. The Hall–Kier alpha value is -2.74. The number of amides is 1. The van der Waals surface area contributed by atoms with E-state index >= 15 is 0 Å². The number of aromatic nitrogens is 2. The normalized spacial score (nSPS) is 14.7. The van der Waals surface area contributed by atoms with Gasteiger partial charge in [-0.15, -0.1) is 10.2 Å². The summed E-state index contributed by atoms with van der Waals surface area (Å²) >= 11 is 7.57. The molecule has 0 bridgehead atoms. The summed E-state index contributed by atoms with van der Waals surface area (Å²) in [5, 5.41) is 12.0. The first-order chi connectivity index (χ1) is 14.2. The average Bonchev–Trinajstić information content (AvgIpc) is 3.26. The van der Waals surface area contributed by atoms with E-state index in [0.29, 0.717) is 15.7 Å². The van der Waals surface area contributed by atoms with E-state index in [0.717, 1.165) is 48.9 Å². The van der Waals surface area contributed by atoms with E-state index < -0.39 is 0 Å². The highest BCUT2D eigenvalue weighted by Gasteiger charge is 2.15. The molecule has 148 valence electrons. The third kappa shape index (κ3) is 5.00. The number of nitrogens with one attached hydrogen (secondary N) is 1. The number of morpholine rings is 1. The Morgan fingerprint density at radius 2 is 1.72 bits per heavy atom. The molecule has 29 heavy (non-hydrogen) atoms. The molecule has 4 rings (SSSR count). The summed E-state index contributed by atoms with van der Waals surface area (Å²) in [6.45, 7) is 3.30. The Balaban J connectivity index is 1.43. The lowest BCUT2D eigenvalue weighted by Crippen LogP contribution is -2.36. The second-order valence-corrected chi connectivity index (χ2v) is 7.80. The zero-order valence-corrected chi connectivity index (χ0v) is 17.1. The Morgan fingerprint density at radius 1 is 1.03 bits per heavy atom. The van der Waals surface area contributed by atoms with Gasteiger partial charge in [-0.1, -0.05) is 53.3 Å². The highest BCUT2D eigenvalue weighted by molar-refractivity contribution is 7.15. The zero-order valence-electron chi connectivity index (χ0n) is 15.5. The van der Waals surface area contributed by atoms with E-state index in [9.17, 15) is 4.79 Å².